The predicted molar refractivity (Wildman–Crippen MR) is 58.4 cm³/mol. The molecule has 0 radical (unpaired) electrons. The molecule has 2 rings (SSSR count). The van der Waals surface area contributed by atoms with Crippen LogP contribution in [-0.4, -0.2) is 0 Å². The Labute approximate surface area is 87.5 Å². The molecule has 1 aromatic carbocycles. The second kappa shape index (κ2) is 3.10. The summed E-state index contributed by atoms with van der Waals surface area (Å²) < 4.78 is 1.11. The average molecular weight is 240 g/mol. The Morgan fingerprint density at radius 1 is 1.31 bits per heavy atom. The number of nitrogens with two attached hydrogens (primary N) is 1. The lowest BCUT2D eigenvalue weighted by molar-refractivity contribution is 0.427. The van der Waals surface area contributed by atoms with Crippen molar-refractivity contribution in [2.75, 3.05) is 0 Å². The smallest absolute Gasteiger partial charge is 0.0409 e. The first kappa shape index (κ1) is 9.22. The highest BCUT2D eigenvalue weighted by atomic mass is 79.9. The van der Waals surface area contributed by atoms with Gasteiger partial charge in [0.25, 0.3) is 0 Å². The van der Waals surface area contributed by atoms with Crippen molar-refractivity contribution in [2.24, 2.45) is 11.7 Å². The third-order valence-corrected chi connectivity index (χ3v) is 3.42. The van der Waals surface area contributed by atoms with E-state index >= 15 is 0 Å². The van der Waals surface area contributed by atoms with Gasteiger partial charge in [0, 0.05) is 10.0 Å². The number of hydrogen-bond donors (Lipinski definition) is 1. The van der Waals surface area contributed by atoms with Crippen LogP contribution >= 0.6 is 15.9 Å². The minimum atomic E-state index is -0.124. The molecule has 2 N–H and O–H groups in total. The summed E-state index contributed by atoms with van der Waals surface area (Å²) in [5, 5.41) is 0. The molecule has 0 amide bonds. The summed E-state index contributed by atoms with van der Waals surface area (Å²) in [6, 6.07) is 8.34. The topological polar surface area (TPSA) is 26.0 Å². The van der Waals surface area contributed by atoms with Crippen molar-refractivity contribution in [3.05, 3.63) is 34.3 Å². The first-order valence-corrected chi connectivity index (χ1v) is 5.45. The highest BCUT2D eigenvalue weighted by molar-refractivity contribution is 9.10. The summed E-state index contributed by atoms with van der Waals surface area (Å²) in [4.78, 5) is 0. The van der Waals surface area contributed by atoms with E-state index in [1.165, 1.54) is 18.4 Å². The fourth-order valence-corrected chi connectivity index (χ4v) is 1.99. The molecule has 13 heavy (non-hydrogen) atoms. The predicted octanol–water partition coefficient (Wildman–Crippen LogP) is 3.03. The van der Waals surface area contributed by atoms with Gasteiger partial charge in [-0.05, 0) is 43.4 Å². The van der Waals surface area contributed by atoms with Gasteiger partial charge in [0.05, 0.1) is 0 Å². The molecule has 0 heterocycles. The molecule has 1 atom stereocenters. The van der Waals surface area contributed by atoms with Crippen LogP contribution in [0.15, 0.2) is 28.7 Å². The fraction of sp³-hybridized carbons (Fsp3) is 0.455. The van der Waals surface area contributed by atoms with Crippen LogP contribution in [0, 0.1) is 5.92 Å². The number of halogens is 1. The third-order valence-electron chi connectivity index (χ3n) is 2.89. The standard InChI is InChI=1S/C11H14BrN/c1-11(13,8-2-3-8)9-4-6-10(12)7-5-9/h4-8H,2-3,13H2,1H3/t11-/m0/s1. The van der Waals surface area contributed by atoms with E-state index in [9.17, 15) is 0 Å². The zero-order chi connectivity index (χ0) is 9.47. The van der Waals surface area contributed by atoms with Gasteiger partial charge in [-0.1, -0.05) is 28.1 Å². The summed E-state index contributed by atoms with van der Waals surface area (Å²) in [6.07, 6.45) is 2.56. The van der Waals surface area contributed by atoms with E-state index in [2.05, 4.69) is 47.1 Å². The first-order chi connectivity index (χ1) is 6.10. The van der Waals surface area contributed by atoms with Crippen molar-refractivity contribution in [1.82, 2.24) is 0 Å². The molecule has 0 aromatic heterocycles. The molecule has 1 fully saturated rings. The first-order valence-electron chi connectivity index (χ1n) is 4.65. The second-order valence-electron chi connectivity index (χ2n) is 4.06. The van der Waals surface area contributed by atoms with Crippen LogP contribution in [0.5, 0.6) is 0 Å². The van der Waals surface area contributed by atoms with Crippen molar-refractivity contribution in [1.29, 1.82) is 0 Å². The van der Waals surface area contributed by atoms with E-state index in [4.69, 9.17) is 5.73 Å². The van der Waals surface area contributed by atoms with E-state index in [1.807, 2.05) is 0 Å². The van der Waals surface area contributed by atoms with Crippen LogP contribution in [0.2, 0.25) is 0 Å². The monoisotopic (exact) mass is 239 g/mol. The van der Waals surface area contributed by atoms with Crippen LogP contribution in [0.1, 0.15) is 25.3 Å². The highest BCUT2D eigenvalue weighted by Crippen LogP contribution is 2.43. The molecule has 0 unspecified atom stereocenters. The van der Waals surface area contributed by atoms with Gasteiger partial charge in [0.2, 0.25) is 0 Å². The number of benzene rings is 1. The second-order valence-corrected chi connectivity index (χ2v) is 4.98. The van der Waals surface area contributed by atoms with Crippen LogP contribution in [0.25, 0.3) is 0 Å². The molecule has 0 aliphatic heterocycles. The van der Waals surface area contributed by atoms with Gasteiger partial charge in [-0.3, -0.25) is 0 Å². The largest absolute Gasteiger partial charge is 0.321 e. The van der Waals surface area contributed by atoms with Crippen molar-refractivity contribution in [3.63, 3.8) is 0 Å². The SMILES string of the molecule is C[C@@](N)(c1ccc(Br)cc1)C1CC1. The fourth-order valence-electron chi connectivity index (χ4n) is 1.73. The quantitative estimate of drug-likeness (QED) is 0.844. The molecule has 1 aliphatic rings. The zero-order valence-electron chi connectivity index (χ0n) is 7.76. The van der Waals surface area contributed by atoms with Gasteiger partial charge < -0.3 is 5.73 Å². The normalized spacial score (nSPS) is 21.2. The number of hydrogen-bond acceptors (Lipinski definition) is 1. The summed E-state index contributed by atoms with van der Waals surface area (Å²) in [5.41, 5.74) is 7.40. The van der Waals surface area contributed by atoms with Gasteiger partial charge in [-0.25, -0.2) is 0 Å². The molecular formula is C11H14BrN. The minimum absolute atomic E-state index is 0.124. The van der Waals surface area contributed by atoms with Gasteiger partial charge in [-0.15, -0.1) is 0 Å². The molecule has 1 aliphatic carbocycles. The lowest BCUT2D eigenvalue weighted by Gasteiger charge is -2.25. The zero-order valence-corrected chi connectivity index (χ0v) is 9.34. The summed E-state index contributed by atoms with van der Waals surface area (Å²) >= 11 is 3.42. The maximum absolute atomic E-state index is 6.28. The molecule has 0 bridgehead atoms. The molecule has 0 saturated heterocycles. The average Bonchev–Trinajstić information content (AvgIpc) is 2.87. The Kier molecular flexibility index (Phi) is 2.20. The van der Waals surface area contributed by atoms with Gasteiger partial charge in [0.15, 0.2) is 0 Å². The van der Waals surface area contributed by atoms with Crippen molar-refractivity contribution in [2.45, 2.75) is 25.3 Å². The van der Waals surface area contributed by atoms with Crippen LogP contribution in [-0.2, 0) is 5.54 Å². The molecule has 0 spiro atoms. The highest BCUT2D eigenvalue weighted by Gasteiger charge is 2.39. The van der Waals surface area contributed by atoms with E-state index in [-0.39, 0.29) is 5.54 Å². The van der Waals surface area contributed by atoms with E-state index in [0.717, 1.165) is 4.47 Å². The van der Waals surface area contributed by atoms with Crippen molar-refractivity contribution < 1.29 is 0 Å². The molecule has 1 nitrogen and oxygen atoms in total. The Morgan fingerprint density at radius 3 is 2.31 bits per heavy atom. The molecule has 1 aromatic rings. The van der Waals surface area contributed by atoms with Crippen molar-refractivity contribution in [3.8, 4) is 0 Å². The van der Waals surface area contributed by atoms with E-state index < -0.39 is 0 Å². The molecule has 70 valence electrons. The Hall–Kier alpha value is -0.340. The Bertz CT molecular complexity index is 298. The maximum Gasteiger partial charge on any atom is 0.0409 e. The molecule has 2 heteroatoms. The summed E-state index contributed by atoms with van der Waals surface area (Å²) in [5.74, 6) is 0.689. The minimum Gasteiger partial charge on any atom is -0.321 e. The van der Waals surface area contributed by atoms with Crippen LogP contribution in [0.3, 0.4) is 0 Å². The van der Waals surface area contributed by atoms with E-state index in [0.29, 0.717) is 5.92 Å². The van der Waals surface area contributed by atoms with Crippen LogP contribution in [0.4, 0.5) is 0 Å². The summed E-state index contributed by atoms with van der Waals surface area (Å²) in [6.45, 7) is 2.13. The lowest BCUT2D eigenvalue weighted by atomic mass is 9.88. The Balaban J connectivity index is 2.28. The van der Waals surface area contributed by atoms with Crippen LogP contribution < -0.4 is 5.73 Å². The molecule has 1 saturated carbocycles. The Morgan fingerprint density at radius 2 is 1.85 bits per heavy atom. The van der Waals surface area contributed by atoms with Gasteiger partial charge in [0.1, 0.15) is 0 Å². The summed E-state index contributed by atoms with van der Waals surface area (Å²) in [7, 11) is 0. The number of rotatable bonds is 2. The lowest BCUT2D eigenvalue weighted by Crippen LogP contribution is -2.35. The van der Waals surface area contributed by atoms with Gasteiger partial charge in [-0.2, -0.15) is 0 Å². The third kappa shape index (κ3) is 1.79. The van der Waals surface area contributed by atoms with Crippen molar-refractivity contribution >= 4 is 15.9 Å². The van der Waals surface area contributed by atoms with E-state index in [1.54, 1.807) is 0 Å². The maximum atomic E-state index is 6.28. The van der Waals surface area contributed by atoms with Gasteiger partial charge >= 0.3 is 0 Å². The molecular weight excluding hydrogens is 226 g/mol.